The summed E-state index contributed by atoms with van der Waals surface area (Å²) in [7, 11) is 1.53. The summed E-state index contributed by atoms with van der Waals surface area (Å²) in [4.78, 5) is 36.3. The lowest BCUT2D eigenvalue weighted by Crippen LogP contribution is -2.28. The molecule has 0 radical (unpaired) electrons. The van der Waals surface area contributed by atoms with Gasteiger partial charge in [-0.25, -0.2) is 5.10 Å². The Kier molecular flexibility index (Phi) is 4.68. The molecule has 1 N–H and O–H groups in total. The lowest BCUT2D eigenvalue weighted by atomic mass is 10.1. The van der Waals surface area contributed by atoms with Gasteiger partial charge in [0.1, 0.15) is 0 Å². The van der Waals surface area contributed by atoms with Gasteiger partial charge in [0.05, 0.1) is 10.3 Å². The van der Waals surface area contributed by atoms with E-state index in [0.29, 0.717) is 21.4 Å². The second-order valence-electron chi connectivity index (χ2n) is 5.64. The molecule has 3 rings (SSSR count). The topological polar surface area (TPSA) is 109 Å². The zero-order chi connectivity index (χ0) is 18.8. The lowest BCUT2D eigenvalue weighted by Gasteiger charge is -2.18. The van der Waals surface area contributed by atoms with Gasteiger partial charge in [-0.15, -0.1) is 0 Å². The molecule has 1 heterocycles. The highest BCUT2D eigenvalue weighted by Gasteiger charge is 2.20. The summed E-state index contributed by atoms with van der Waals surface area (Å²) in [5.74, 6) is -0.444. The van der Waals surface area contributed by atoms with Gasteiger partial charge >= 0.3 is 0 Å². The Balaban J connectivity index is 1.95. The van der Waals surface area contributed by atoms with Gasteiger partial charge in [0.2, 0.25) is 0 Å². The summed E-state index contributed by atoms with van der Waals surface area (Å²) >= 11 is 6.09. The van der Waals surface area contributed by atoms with Crippen LogP contribution in [0.4, 0.5) is 5.69 Å². The van der Waals surface area contributed by atoms with Crippen LogP contribution in [0.25, 0.3) is 10.8 Å². The van der Waals surface area contributed by atoms with Crippen LogP contribution in [0.1, 0.15) is 16.1 Å². The molecule has 26 heavy (non-hydrogen) atoms. The van der Waals surface area contributed by atoms with Gasteiger partial charge < -0.3 is 4.90 Å². The molecular formula is C17H13ClN4O4. The molecule has 132 valence electrons. The molecule has 0 aliphatic heterocycles. The largest absolute Gasteiger partial charge is 0.336 e. The number of carbonyl (C=O) groups is 1. The minimum absolute atomic E-state index is 0.0501. The van der Waals surface area contributed by atoms with Crippen molar-refractivity contribution in [1.29, 1.82) is 0 Å². The first kappa shape index (κ1) is 17.6. The fourth-order valence-electron chi connectivity index (χ4n) is 2.58. The van der Waals surface area contributed by atoms with Crippen molar-refractivity contribution in [3.63, 3.8) is 0 Å². The number of rotatable bonds is 4. The molecule has 8 nitrogen and oxygen atoms in total. The highest BCUT2D eigenvalue weighted by Crippen LogP contribution is 2.24. The Morgan fingerprint density at radius 3 is 2.65 bits per heavy atom. The highest BCUT2D eigenvalue weighted by molar-refractivity contribution is 6.31. The molecule has 1 amide bonds. The predicted octanol–water partition coefficient (Wildman–Crippen LogP) is 2.76. The van der Waals surface area contributed by atoms with E-state index < -0.39 is 10.8 Å². The molecule has 2 aromatic carbocycles. The highest BCUT2D eigenvalue weighted by atomic mass is 35.5. The van der Waals surface area contributed by atoms with Crippen molar-refractivity contribution in [3.05, 3.63) is 79.2 Å². The summed E-state index contributed by atoms with van der Waals surface area (Å²) in [6, 6.07) is 10.7. The first-order valence-corrected chi connectivity index (χ1v) is 7.92. The third-order valence-corrected chi connectivity index (χ3v) is 4.26. The monoisotopic (exact) mass is 372 g/mol. The van der Waals surface area contributed by atoms with Crippen molar-refractivity contribution >= 4 is 34.0 Å². The van der Waals surface area contributed by atoms with Crippen LogP contribution >= 0.6 is 11.6 Å². The lowest BCUT2D eigenvalue weighted by molar-refractivity contribution is -0.384. The van der Waals surface area contributed by atoms with Gasteiger partial charge in [0.25, 0.3) is 17.2 Å². The first-order chi connectivity index (χ1) is 12.4. The molecule has 0 fully saturated rings. The molecular weight excluding hydrogens is 360 g/mol. The number of carbonyl (C=O) groups excluding carboxylic acids is 1. The van der Waals surface area contributed by atoms with Crippen LogP contribution in [0.5, 0.6) is 0 Å². The summed E-state index contributed by atoms with van der Waals surface area (Å²) in [6.07, 6.45) is 0. The normalized spacial score (nSPS) is 10.7. The number of aromatic amines is 1. The molecule has 0 saturated carbocycles. The van der Waals surface area contributed by atoms with Gasteiger partial charge in [0, 0.05) is 36.1 Å². The van der Waals surface area contributed by atoms with Crippen LogP contribution < -0.4 is 5.56 Å². The van der Waals surface area contributed by atoms with E-state index >= 15 is 0 Å². The smallest absolute Gasteiger partial charge is 0.274 e. The minimum Gasteiger partial charge on any atom is -0.336 e. The SMILES string of the molecule is CN(Cc1cc([N+](=O)[O-])ccc1Cl)C(=O)c1n[nH]c(=O)c2ccccc12. The maximum Gasteiger partial charge on any atom is 0.274 e. The maximum atomic E-state index is 12.8. The number of hydrogen-bond acceptors (Lipinski definition) is 5. The number of nitrogens with zero attached hydrogens (tertiary/aromatic N) is 3. The van der Waals surface area contributed by atoms with Crippen molar-refractivity contribution in [2.75, 3.05) is 7.05 Å². The van der Waals surface area contributed by atoms with E-state index in [9.17, 15) is 19.7 Å². The van der Waals surface area contributed by atoms with Crippen molar-refractivity contribution in [2.24, 2.45) is 0 Å². The number of amides is 1. The molecule has 0 aliphatic rings. The van der Waals surface area contributed by atoms with Crippen LogP contribution in [0, 0.1) is 10.1 Å². The third kappa shape index (κ3) is 3.27. The molecule has 0 unspecified atom stereocenters. The van der Waals surface area contributed by atoms with Crippen LogP contribution in [-0.2, 0) is 6.54 Å². The molecule has 0 atom stereocenters. The van der Waals surface area contributed by atoms with Gasteiger partial charge in [-0.2, -0.15) is 5.10 Å². The Hall–Kier alpha value is -3.26. The predicted molar refractivity (Wildman–Crippen MR) is 96.3 cm³/mol. The number of nitro benzene ring substituents is 1. The number of fused-ring (bicyclic) bond motifs is 1. The Morgan fingerprint density at radius 2 is 1.96 bits per heavy atom. The van der Waals surface area contributed by atoms with Crippen LogP contribution in [0.3, 0.4) is 0 Å². The number of halogens is 1. The van der Waals surface area contributed by atoms with E-state index in [1.165, 1.54) is 30.1 Å². The second-order valence-corrected chi connectivity index (χ2v) is 6.05. The fraction of sp³-hybridized carbons (Fsp3) is 0.118. The summed E-state index contributed by atoms with van der Waals surface area (Å²) in [5, 5.41) is 18.2. The van der Waals surface area contributed by atoms with E-state index in [1.54, 1.807) is 24.3 Å². The van der Waals surface area contributed by atoms with Gasteiger partial charge in [-0.1, -0.05) is 29.8 Å². The zero-order valence-corrected chi connectivity index (χ0v) is 14.4. The van der Waals surface area contributed by atoms with Crippen molar-refractivity contribution < 1.29 is 9.72 Å². The third-order valence-electron chi connectivity index (χ3n) is 3.89. The minimum atomic E-state index is -0.529. The molecule has 0 spiro atoms. The van der Waals surface area contributed by atoms with Crippen LogP contribution in [0.2, 0.25) is 5.02 Å². The number of hydrogen-bond donors (Lipinski definition) is 1. The van der Waals surface area contributed by atoms with Crippen molar-refractivity contribution in [3.8, 4) is 0 Å². The Morgan fingerprint density at radius 1 is 1.27 bits per heavy atom. The second kappa shape index (κ2) is 6.93. The summed E-state index contributed by atoms with van der Waals surface area (Å²) in [5.41, 5.74) is 0.0223. The molecule has 0 bridgehead atoms. The average Bonchev–Trinajstić information content (AvgIpc) is 2.63. The standard InChI is InChI=1S/C17H13ClN4O4/c1-21(9-10-8-11(22(25)26)6-7-14(10)18)17(24)15-12-4-2-3-5-13(12)16(23)20-19-15/h2-8H,9H2,1H3,(H,20,23). The number of nitro groups is 1. The quantitative estimate of drug-likeness (QED) is 0.559. The van der Waals surface area contributed by atoms with E-state index in [-0.39, 0.29) is 23.5 Å². The molecule has 3 aromatic rings. The van der Waals surface area contributed by atoms with E-state index in [0.717, 1.165) is 0 Å². The average molecular weight is 373 g/mol. The van der Waals surface area contributed by atoms with E-state index in [2.05, 4.69) is 10.2 Å². The first-order valence-electron chi connectivity index (χ1n) is 7.54. The summed E-state index contributed by atoms with van der Waals surface area (Å²) in [6.45, 7) is 0.0501. The number of H-pyrrole nitrogens is 1. The van der Waals surface area contributed by atoms with Gasteiger partial charge in [0.15, 0.2) is 5.69 Å². The zero-order valence-electron chi connectivity index (χ0n) is 13.6. The van der Waals surface area contributed by atoms with Crippen LogP contribution in [-0.4, -0.2) is 33.0 Å². The molecule has 1 aromatic heterocycles. The van der Waals surface area contributed by atoms with Crippen molar-refractivity contribution in [1.82, 2.24) is 15.1 Å². The van der Waals surface area contributed by atoms with Crippen LogP contribution in [0.15, 0.2) is 47.3 Å². The maximum absolute atomic E-state index is 12.8. The van der Waals surface area contributed by atoms with E-state index in [1.807, 2.05) is 0 Å². The summed E-state index contributed by atoms with van der Waals surface area (Å²) < 4.78 is 0. The van der Waals surface area contributed by atoms with Gasteiger partial charge in [-0.05, 0) is 17.7 Å². The Bertz CT molecular complexity index is 1080. The Labute approximate surface area is 152 Å². The van der Waals surface area contributed by atoms with Crippen molar-refractivity contribution in [2.45, 2.75) is 6.54 Å². The number of nitrogens with one attached hydrogen (secondary N) is 1. The van der Waals surface area contributed by atoms with Gasteiger partial charge in [-0.3, -0.25) is 19.7 Å². The molecule has 0 aliphatic carbocycles. The number of aromatic nitrogens is 2. The number of benzene rings is 2. The number of non-ortho nitro benzene ring substituents is 1. The molecule has 9 heteroatoms. The molecule has 0 saturated heterocycles. The van der Waals surface area contributed by atoms with E-state index in [4.69, 9.17) is 11.6 Å². The fourth-order valence-corrected chi connectivity index (χ4v) is 2.76.